The van der Waals surface area contributed by atoms with Crippen LogP contribution in [-0.4, -0.2) is 32.4 Å². The molecule has 6 heteroatoms. The van der Waals surface area contributed by atoms with Crippen LogP contribution in [0, 0.1) is 13.8 Å². The molecule has 24 heavy (non-hydrogen) atoms. The van der Waals surface area contributed by atoms with Crippen molar-refractivity contribution in [2.75, 3.05) is 0 Å². The highest BCUT2D eigenvalue weighted by molar-refractivity contribution is 5.92. The monoisotopic (exact) mass is 330 g/mol. The second-order valence-corrected chi connectivity index (χ2v) is 4.95. The molecular formula is C18H18O6. The number of carboxylic acid groups (broad SMARTS) is 2. The van der Waals surface area contributed by atoms with E-state index in [-0.39, 0.29) is 22.6 Å². The Bertz CT molecular complexity index is 763. The van der Waals surface area contributed by atoms with E-state index >= 15 is 0 Å². The Hall–Kier alpha value is -3.28. The first-order chi connectivity index (χ1) is 11.2. The van der Waals surface area contributed by atoms with Gasteiger partial charge in [-0.3, -0.25) is 0 Å². The van der Waals surface area contributed by atoms with Crippen molar-refractivity contribution in [3.05, 3.63) is 64.7 Å². The van der Waals surface area contributed by atoms with E-state index in [9.17, 15) is 19.8 Å². The standard InChI is InChI=1S/C9H10O4.C9H8O2/c1-4-3-6(9(12)13)8(11)5(2)7(4)10;10-9(11)7-6-8-4-2-1-3-5-8/h3,10-11H,1-2H3,(H,12,13);1-7H,(H,10,11). The van der Waals surface area contributed by atoms with E-state index < -0.39 is 11.9 Å². The predicted octanol–water partition coefficient (Wildman–Crippen LogP) is 3.20. The zero-order chi connectivity index (χ0) is 18.3. The molecule has 126 valence electrons. The van der Waals surface area contributed by atoms with Gasteiger partial charge >= 0.3 is 11.9 Å². The van der Waals surface area contributed by atoms with Gasteiger partial charge in [0.15, 0.2) is 0 Å². The molecule has 0 aliphatic heterocycles. The third kappa shape index (κ3) is 5.17. The maximum Gasteiger partial charge on any atom is 0.339 e. The molecule has 6 nitrogen and oxygen atoms in total. The molecule has 4 N–H and O–H groups in total. The lowest BCUT2D eigenvalue weighted by molar-refractivity contribution is -0.131. The van der Waals surface area contributed by atoms with Crippen LogP contribution in [0.1, 0.15) is 27.0 Å². The van der Waals surface area contributed by atoms with Gasteiger partial charge in [0.2, 0.25) is 0 Å². The number of benzene rings is 2. The maximum absolute atomic E-state index is 10.6. The Morgan fingerprint density at radius 1 is 0.958 bits per heavy atom. The molecule has 2 aromatic carbocycles. The maximum atomic E-state index is 10.6. The topological polar surface area (TPSA) is 115 Å². The SMILES string of the molecule is Cc1cc(C(=O)O)c(O)c(C)c1O.O=C(O)C=Cc1ccccc1. The first kappa shape index (κ1) is 18.8. The number of carbonyl (C=O) groups is 2. The van der Waals surface area contributed by atoms with E-state index in [2.05, 4.69) is 0 Å². The Morgan fingerprint density at radius 2 is 1.54 bits per heavy atom. The summed E-state index contributed by atoms with van der Waals surface area (Å²) in [6, 6.07) is 10.5. The molecule has 0 aliphatic rings. The number of carboxylic acids is 2. The molecule has 0 aromatic heterocycles. The van der Waals surface area contributed by atoms with E-state index in [1.807, 2.05) is 30.3 Å². The summed E-state index contributed by atoms with van der Waals surface area (Å²) in [7, 11) is 0. The highest BCUT2D eigenvalue weighted by Gasteiger charge is 2.16. The highest BCUT2D eigenvalue weighted by atomic mass is 16.4. The fourth-order valence-electron chi connectivity index (χ4n) is 1.86. The Morgan fingerprint density at radius 3 is 2.04 bits per heavy atom. The molecule has 0 amide bonds. The van der Waals surface area contributed by atoms with Gasteiger partial charge in [-0.2, -0.15) is 0 Å². The van der Waals surface area contributed by atoms with Gasteiger partial charge in [-0.25, -0.2) is 9.59 Å². The van der Waals surface area contributed by atoms with E-state index in [0.717, 1.165) is 11.6 Å². The van der Waals surface area contributed by atoms with Crippen molar-refractivity contribution in [2.24, 2.45) is 0 Å². The van der Waals surface area contributed by atoms with Gasteiger partial charge in [0.05, 0.1) is 0 Å². The van der Waals surface area contributed by atoms with Crippen LogP contribution in [-0.2, 0) is 4.79 Å². The Balaban J connectivity index is 0.000000243. The molecule has 0 spiro atoms. The molecule has 0 bridgehead atoms. The van der Waals surface area contributed by atoms with Gasteiger partial charge in [-0.15, -0.1) is 0 Å². The summed E-state index contributed by atoms with van der Waals surface area (Å²) in [5, 5.41) is 35.6. The molecule has 0 aliphatic carbocycles. The number of phenolic OH excluding ortho intramolecular Hbond substituents is 1. The van der Waals surface area contributed by atoms with Gasteiger partial charge in [-0.1, -0.05) is 30.3 Å². The van der Waals surface area contributed by atoms with Crippen LogP contribution in [0.25, 0.3) is 6.08 Å². The average Bonchev–Trinajstić information content (AvgIpc) is 2.55. The van der Waals surface area contributed by atoms with Crippen LogP contribution in [0.15, 0.2) is 42.5 Å². The number of hydrogen-bond donors (Lipinski definition) is 4. The van der Waals surface area contributed by atoms with Crippen LogP contribution in [0.5, 0.6) is 11.5 Å². The second kappa shape index (κ2) is 8.38. The number of aromatic hydroxyl groups is 2. The number of aromatic carboxylic acids is 1. The van der Waals surface area contributed by atoms with Crippen LogP contribution in [0.4, 0.5) is 0 Å². The molecule has 0 unspecified atom stereocenters. The van der Waals surface area contributed by atoms with E-state index in [0.29, 0.717) is 5.56 Å². The van der Waals surface area contributed by atoms with E-state index in [4.69, 9.17) is 10.2 Å². The van der Waals surface area contributed by atoms with Crippen molar-refractivity contribution in [3.8, 4) is 11.5 Å². The van der Waals surface area contributed by atoms with Crippen LogP contribution >= 0.6 is 0 Å². The van der Waals surface area contributed by atoms with Crippen molar-refractivity contribution in [1.29, 1.82) is 0 Å². The quantitative estimate of drug-likeness (QED) is 0.642. The fraction of sp³-hybridized carbons (Fsp3) is 0.111. The average molecular weight is 330 g/mol. The second-order valence-electron chi connectivity index (χ2n) is 4.95. The van der Waals surface area contributed by atoms with Crippen LogP contribution in [0.3, 0.4) is 0 Å². The minimum Gasteiger partial charge on any atom is -0.507 e. The van der Waals surface area contributed by atoms with Crippen molar-refractivity contribution in [2.45, 2.75) is 13.8 Å². The lowest BCUT2D eigenvalue weighted by atomic mass is 10.0. The van der Waals surface area contributed by atoms with E-state index in [1.165, 1.54) is 13.0 Å². The lowest BCUT2D eigenvalue weighted by Gasteiger charge is -2.07. The van der Waals surface area contributed by atoms with Gasteiger partial charge < -0.3 is 20.4 Å². The first-order valence-electron chi connectivity index (χ1n) is 6.95. The number of hydrogen-bond acceptors (Lipinski definition) is 4. The Kier molecular flexibility index (Phi) is 6.55. The summed E-state index contributed by atoms with van der Waals surface area (Å²) in [5.41, 5.74) is 1.34. The molecule has 0 radical (unpaired) electrons. The summed E-state index contributed by atoms with van der Waals surface area (Å²) in [6.07, 6.45) is 2.68. The molecule has 2 rings (SSSR count). The summed E-state index contributed by atoms with van der Waals surface area (Å²) in [6.45, 7) is 3.04. The molecule has 0 heterocycles. The van der Waals surface area contributed by atoms with Crippen molar-refractivity contribution < 1.29 is 30.0 Å². The van der Waals surface area contributed by atoms with Crippen molar-refractivity contribution in [3.63, 3.8) is 0 Å². The first-order valence-corrected chi connectivity index (χ1v) is 6.95. The molecule has 0 atom stereocenters. The molecule has 2 aromatic rings. The number of aliphatic carboxylic acids is 1. The molecule has 0 saturated carbocycles. The minimum atomic E-state index is -1.20. The lowest BCUT2D eigenvalue weighted by Crippen LogP contribution is -1.99. The zero-order valence-electron chi connectivity index (χ0n) is 13.2. The smallest absolute Gasteiger partial charge is 0.339 e. The summed E-state index contributed by atoms with van der Waals surface area (Å²) < 4.78 is 0. The summed E-state index contributed by atoms with van der Waals surface area (Å²) in [4.78, 5) is 20.7. The van der Waals surface area contributed by atoms with Crippen LogP contribution < -0.4 is 0 Å². The van der Waals surface area contributed by atoms with Crippen molar-refractivity contribution in [1.82, 2.24) is 0 Å². The summed E-state index contributed by atoms with van der Waals surface area (Å²) >= 11 is 0. The Labute approximate surface area is 138 Å². The van der Waals surface area contributed by atoms with Gasteiger partial charge in [0.1, 0.15) is 17.1 Å². The van der Waals surface area contributed by atoms with Gasteiger partial charge in [0, 0.05) is 11.6 Å². The van der Waals surface area contributed by atoms with Crippen LogP contribution in [0.2, 0.25) is 0 Å². The third-order valence-electron chi connectivity index (χ3n) is 3.15. The zero-order valence-corrected chi connectivity index (χ0v) is 13.2. The minimum absolute atomic E-state index is 0.0671. The highest BCUT2D eigenvalue weighted by Crippen LogP contribution is 2.32. The van der Waals surface area contributed by atoms with Crippen molar-refractivity contribution >= 4 is 18.0 Å². The normalized spacial score (nSPS) is 10.1. The number of phenols is 2. The largest absolute Gasteiger partial charge is 0.507 e. The number of rotatable bonds is 3. The predicted molar refractivity (Wildman–Crippen MR) is 89.3 cm³/mol. The molecular weight excluding hydrogens is 312 g/mol. The summed E-state index contributed by atoms with van der Waals surface area (Å²) in [5.74, 6) is -2.57. The molecule has 0 saturated heterocycles. The fourth-order valence-corrected chi connectivity index (χ4v) is 1.86. The third-order valence-corrected chi connectivity index (χ3v) is 3.15. The molecule has 0 fully saturated rings. The van der Waals surface area contributed by atoms with Gasteiger partial charge in [0.25, 0.3) is 0 Å². The van der Waals surface area contributed by atoms with Gasteiger partial charge in [-0.05, 0) is 37.1 Å². The van der Waals surface area contributed by atoms with E-state index in [1.54, 1.807) is 13.0 Å². The number of aryl methyl sites for hydroxylation is 1.